The Morgan fingerprint density at radius 2 is 0.900 bits per heavy atom. The van der Waals surface area contributed by atoms with Crippen LogP contribution in [0.25, 0.3) is 0 Å². The molecule has 3 rings (SSSR count). The summed E-state index contributed by atoms with van der Waals surface area (Å²) in [5.74, 6) is 0. The number of benzene rings is 3. The van der Waals surface area contributed by atoms with Gasteiger partial charge in [-0.05, 0) is 0 Å². The van der Waals surface area contributed by atoms with Crippen LogP contribution in [0, 0.1) is 6.92 Å². The Balaban J connectivity index is 2.11. The molecule has 0 atom stereocenters. The molecule has 0 unspecified atom stereocenters. The number of hydrogen-bond donors (Lipinski definition) is 0. The first-order valence-electron chi connectivity index (χ1n) is 6.89. The molecule has 1 heteroatoms. The molecule has 0 amide bonds. The van der Waals surface area contributed by atoms with Crippen molar-refractivity contribution in [1.29, 1.82) is 0 Å². The van der Waals surface area contributed by atoms with E-state index >= 15 is 0 Å². The van der Waals surface area contributed by atoms with Gasteiger partial charge in [0, 0.05) is 0 Å². The van der Waals surface area contributed by atoms with E-state index in [4.69, 9.17) is 0 Å². The third-order valence-electron chi connectivity index (χ3n) is 3.47. The van der Waals surface area contributed by atoms with Crippen LogP contribution in [-0.2, 0) is 0 Å². The third kappa shape index (κ3) is 2.96. The first kappa shape index (κ1) is 13.4. The van der Waals surface area contributed by atoms with Crippen molar-refractivity contribution in [2.45, 2.75) is 6.92 Å². The molecule has 0 spiro atoms. The molecule has 96 valence electrons. The zero-order chi connectivity index (χ0) is 13.8. The van der Waals surface area contributed by atoms with Gasteiger partial charge in [-0.2, -0.15) is 0 Å². The molecule has 0 bridgehead atoms. The summed E-state index contributed by atoms with van der Waals surface area (Å²) < 4.78 is 4.60. The van der Waals surface area contributed by atoms with Crippen LogP contribution in [0.4, 0.5) is 0 Å². The second-order valence-corrected chi connectivity index (χ2v) is 12.1. The third-order valence-corrected chi connectivity index (χ3v) is 11.3. The predicted octanol–water partition coefficient (Wildman–Crippen LogP) is 2.51. The minimum absolute atomic E-state index is 1.33. The molecule has 3 aromatic rings. The van der Waals surface area contributed by atoms with Crippen LogP contribution in [0.5, 0.6) is 0 Å². The number of rotatable bonds is 3. The SMILES string of the molecule is Cc1cc[c]([Sn+]([c]2ccccc2)[c]2ccccc2)cc1. The van der Waals surface area contributed by atoms with Gasteiger partial charge >= 0.3 is 128 Å². The standard InChI is InChI=1S/C7H7.2C6H5.Sn/c1-7-5-3-2-4-6-7;2*1-2-4-6-5-3-1;/h3-6H,1H3;2*1-5H;/q;;;+1. The fraction of sp³-hybridized carbons (Fsp3) is 0.0526. The van der Waals surface area contributed by atoms with Crippen LogP contribution in [0.15, 0.2) is 84.9 Å². The quantitative estimate of drug-likeness (QED) is 0.627. The first-order chi connectivity index (χ1) is 9.84. The topological polar surface area (TPSA) is 0 Å². The first-order valence-corrected chi connectivity index (χ1v) is 11.2. The normalized spacial score (nSPS) is 10.2. The maximum absolute atomic E-state index is 2.32. The van der Waals surface area contributed by atoms with Crippen LogP contribution in [0.1, 0.15) is 5.56 Å². The molecule has 0 N–H and O–H groups in total. The van der Waals surface area contributed by atoms with Crippen molar-refractivity contribution in [3.05, 3.63) is 90.5 Å². The molecule has 0 aromatic heterocycles. The molecular formula is C19H17Sn+. The van der Waals surface area contributed by atoms with Gasteiger partial charge in [0.15, 0.2) is 0 Å². The Hall–Kier alpha value is -1.54. The van der Waals surface area contributed by atoms with Gasteiger partial charge in [-0.3, -0.25) is 0 Å². The molecular weight excluding hydrogens is 347 g/mol. The van der Waals surface area contributed by atoms with Crippen LogP contribution in [-0.4, -0.2) is 19.8 Å². The van der Waals surface area contributed by atoms with Gasteiger partial charge in [-0.1, -0.05) is 0 Å². The molecule has 0 aliphatic heterocycles. The van der Waals surface area contributed by atoms with E-state index in [-0.39, 0.29) is 0 Å². The van der Waals surface area contributed by atoms with Gasteiger partial charge in [0.25, 0.3) is 0 Å². The van der Waals surface area contributed by atoms with Crippen molar-refractivity contribution in [1.82, 2.24) is 0 Å². The molecule has 0 fully saturated rings. The van der Waals surface area contributed by atoms with Crippen molar-refractivity contribution >= 4 is 30.5 Å². The summed E-state index contributed by atoms with van der Waals surface area (Å²) in [5, 5.41) is 0. The summed E-state index contributed by atoms with van der Waals surface area (Å²) in [7, 11) is 0. The van der Waals surface area contributed by atoms with Gasteiger partial charge in [0.05, 0.1) is 0 Å². The van der Waals surface area contributed by atoms with Crippen molar-refractivity contribution in [3.63, 3.8) is 0 Å². The summed E-state index contributed by atoms with van der Waals surface area (Å²) in [6, 6.07) is 31.1. The van der Waals surface area contributed by atoms with E-state index in [0.29, 0.717) is 0 Å². The molecule has 0 aliphatic carbocycles. The summed E-state index contributed by atoms with van der Waals surface area (Å²) in [4.78, 5) is 0. The van der Waals surface area contributed by atoms with E-state index < -0.39 is 19.8 Å². The summed E-state index contributed by atoms with van der Waals surface area (Å²) in [5.41, 5.74) is 1.33. The van der Waals surface area contributed by atoms with E-state index in [1.165, 1.54) is 16.3 Å². The van der Waals surface area contributed by atoms with Gasteiger partial charge in [-0.25, -0.2) is 0 Å². The molecule has 0 saturated carbocycles. The van der Waals surface area contributed by atoms with E-state index in [1.54, 1.807) is 0 Å². The maximum atomic E-state index is 2.32. The average Bonchev–Trinajstić information content (AvgIpc) is 2.52. The van der Waals surface area contributed by atoms with Crippen molar-refractivity contribution in [3.8, 4) is 0 Å². The Morgan fingerprint density at radius 3 is 1.35 bits per heavy atom. The van der Waals surface area contributed by atoms with E-state index in [1.807, 2.05) is 0 Å². The number of aryl methyl sites for hydroxylation is 1. The van der Waals surface area contributed by atoms with Crippen molar-refractivity contribution in [2.24, 2.45) is 0 Å². The van der Waals surface area contributed by atoms with E-state index in [9.17, 15) is 0 Å². The molecule has 0 nitrogen and oxygen atoms in total. The van der Waals surface area contributed by atoms with Crippen LogP contribution in [0.2, 0.25) is 0 Å². The molecule has 3 aromatic carbocycles. The fourth-order valence-electron chi connectivity index (χ4n) is 2.43. The molecule has 0 radical (unpaired) electrons. The Morgan fingerprint density at radius 1 is 0.500 bits per heavy atom. The van der Waals surface area contributed by atoms with E-state index in [0.717, 1.165) is 0 Å². The molecule has 0 heterocycles. The zero-order valence-electron chi connectivity index (χ0n) is 11.6. The monoisotopic (exact) mass is 365 g/mol. The predicted molar refractivity (Wildman–Crippen MR) is 88.7 cm³/mol. The second kappa shape index (κ2) is 6.27. The minimum atomic E-state index is -2.01. The van der Waals surface area contributed by atoms with Crippen molar-refractivity contribution < 1.29 is 0 Å². The fourth-order valence-corrected chi connectivity index (χ4v) is 9.71. The Labute approximate surface area is 127 Å². The van der Waals surface area contributed by atoms with Gasteiger partial charge in [0.2, 0.25) is 0 Å². The summed E-state index contributed by atoms with van der Waals surface area (Å²) in [6.45, 7) is 2.15. The van der Waals surface area contributed by atoms with Crippen LogP contribution >= 0.6 is 0 Å². The zero-order valence-corrected chi connectivity index (χ0v) is 14.4. The van der Waals surface area contributed by atoms with Gasteiger partial charge in [0.1, 0.15) is 0 Å². The Kier molecular flexibility index (Phi) is 4.22. The van der Waals surface area contributed by atoms with Gasteiger partial charge in [-0.15, -0.1) is 0 Å². The summed E-state index contributed by atoms with van der Waals surface area (Å²) >= 11 is -2.01. The molecule has 0 aliphatic rings. The average molecular weight is 364 g/mol. The molecule has 0 saturated heterocycles. The second-order valence-electron chi connectivity index (χ2n) is 4.97. The van der Waals surface area contributed by atoms with Crippen LogP contribution < -0.4 is 10.7 Å². The number of hydrogen-bond acceptors (Lipinski definition) is 0. The van der Waals surface area contributed by atoms with Crippen LogP contribution in [0.3, 0.4) is 0 Å². The van der Waals surface area contributed by atoms with E-state index in [2.05, 4.69) is 91.9 Å². The molecule has 20 heavy (non-hydrogen) atoms. The van der Waals surface area contributed by atoms with Gasteiger partial charge < -0.3 is 0 Å². The Bertz CT molecular complexity index is 618. The van der Waals surface area contributed by atoms with Crippen molar-refractivity contribution in [2.75, 3.05) is 0 Å². The summed E-state index contributed by atoms with van der Waals surface area (Å²) in [6.07, 6.45) is 0.